The van der Waals surface area contributed by atoms with Gasteiger partial charge in [0.15, 0.2) is 6.23 Å². The topological polar surface area (TPSA) is 94.8 Å². The highest BCUT2D eigenvalue weighted by Gasteiger charge is 2.34. The van der Waals surface area contributed by atoms with Crippen LogP contribution in [-0.2, 0) is 9.47 Å². The molecule has 2 N–H and O–H groups in total. The molecule has 2 heterocycles. The minimum Gasteiger partial charge on any atom is -0.508 e. The molecular formula is C24H26FN3O5. The van der Waals surface area contributed by atoms with Gasteiger partial charge in [-0.1, -0.05) is 0 Å². The Labute approximate surface area is 190 Å². The zero-order valence-electron chi connectivity index (χ0n) is 18.3. The quantitative estimate of drug-likeness (QED) is 0.588. The van der Waals surface area contributed by atoms with Crippen molar-refractivity contribution < 1.29 is 28.5 Å². The standard InChI is InChI=1S/C24H26FN3O5/c1-26-24(30)33-17-11-16(12-17)32-22-9-14(18-6-5-15(29)10-20(18)25)8-21-19(22)13-27-28(21)23-4-2-3-7-31-23/h5-6,8-10,13,16-17,23,29H,2-4,7,11-12H2,1H3,(H,26,30)/t16-,17-,23?. The van der Waals surface area contributed by atoms with Crippen LogP contribution in [0.2, 0.25) is 0 Å². The SMILES string of the molecule is CNC(=O)O[C@H]1C[C@H](Oc2cc(-c3ccc(O)cc3F)cc3c2cnn3C2CCCCO2)C1. The highest BCUT2D eigenvalue weighted by Crippen LogP contribution is 2.39. The molecule has 1 saturated heterocycles. The van der Waals surface area contributed by atoms with Crippen LogP contribution in [0.25, 0.3) is 22.0 Å². The Kier molecular flexibility index (Phi) is 5.80. The summed E-state index contributed by atoms with van der Waals surface area (Å²) >= 11 is 0. The molecule has 2 fully saturated rings. The van der Waals surface area contributed by atoms with Crippen LogP contribution in [0.1, 0.15) is 38.3 Å². The van der Waals surface area contributed by atoms with Gasteiger partial charge in [0.05, 0.1) is 17.1 Å². The number of amides is 1. The normalized spacial score (nSPS) is 22.5. The third-order valence-corrected chi connectivity index (χ3v) is 6.19. The number of phenols is 1. The summed E-state index contributed by atoms with van der Waals surface area (Å²) in [6.45, 7) is 0.677. The van der Waals surface area contributed by atoms with Crippen molar-refractivity contribution in [2.45, 2.75) is 50.5 Å². The number of carbonyl (C=O) groups is 1. The fourth-order valence-corrected chi connectivity index (χ4v) is 4.35. The number of halogens is 1. The minimum absolute atomic E-state index is 0.128. The third kappa shape index (κ3) is 4.32. The van der Waals surface area contributed by atoms with E-state index in [1.54, 1.807) is 18.3 Å². The maximum atomic E-state index is 14.7. The molecule has 0 spiro atoms. The first-order valence-electron chi connectivity index (χ1n) is 11.2. The Morgan fingerprint density at radius 2 is 2.09 bits per heavy atom. The molecule has 1 aliphatic carbocycles. The number of hydrogen-bond donors (Lipinski definition) is 2. The van der Waals surface area contributed by atoms with Crippen molar-refractivity contribution in [1.29, 1.82) is 0 Å². The van der Waals surface area contributed by atoms with Gasteiger partial charge in [-0.25, -0.2) is 13.9 Å². The largest absolute Gasteiger partial charge is 0.508 e. The maximum absolute atomic E-state index is 14.7. The van der Waals surface area contributed by atoms with Crippen molar-refractivity contribution in [1.82, 2.24) is 15.1 Å². The predicted molar refractivity (Wildman–Crippen MR) is 119 cm³/mol. The summed E-state index contributed by atoms with van der Waals surface area (Å²) in [5.41, 5.74) is 1.76. The van der Waals surface area contributed by atoms with Gasteiger partial charge < -0.3 is 24.6 Å². The average molecular weight is 455 g/mol. The van der Waals surface area contributed by atoms with Crippen LogP contribution in [0.4, 0.5) is 9.18 Å². The van der Waals surface area contributed by atoms with E-state index in [-0.39, 0.29) is 24.2 Å². The molecule has 1 unspecified atom stereocenters. The first kappa shape index (κ1) is 21.5. The van der Waals surface area contributed by atoms with Crippen LogP contribution in [0.15, 0.2) is 36.5 Å². The summed E-state index contributed by atoms with van der Waals surface area (Å²) in [4.78, 5) is 11.4. The zero-order valence-corrected chi connectivity index (χ0v) is 18.3. The molecular weight excluding hydrogens is 429 g/mol. The number of aromatic nitrogens is 2. The molecule has 1 atom stereocenters. The fraction of sp³-hybridized carbons (Fsp3) is 0.417. The molecule has 1 saturated carbocycles. The second-order valence-electron chi connectivity index (χ2n) is 8.47. The summed E-state index contributed by atoms with van der Waals surface area (Å²) in [5.74, 6) is -0.0746. The molecule has 8 nitrogen and oxygen atoms in total. The molecule has 0 radical (unpaired) electrons. The van der Waals surface area contributed by atoms with Gasteiger partial charge in [-0.15, -0.1) is 0 Å². The van der Waals surface area contributed by atoms with Gasteiger partial charge in [-0.2, -0.15) is 5.10 Å². The van der Waals surface area contributed by atoms with Crippen molar-refractivity contribution in [3.8, 4) is 22.6 Å². The van der Waals surface area contributed by atoms with Gasteiger partial charge in [-0.3, -0.25) is 0 Å². The van der Waals surface area contributed by atoms with Crippen LogP contribution >= 0.6 is 0 Å². The number of benzene rings is 2. The number of alkyl carbamates (subject to hydrolysis) is 1. The number of hydrogen-bond acceptors (Lipinski definition) is 6. The lowest BCUT2D eigenvalue weighted by molar-refractivity contribution is -0.0366. The van der Waals surface area contributed by atoms with Crippen LogP contribution in [0, 0.1) is 5.82 Å². The summed E-state index contributed by atoms with van der Waals surface area (Å²) < 4.78 is 34.0. The highest BCUT2D eigenvalue weighted by molar-refractivity contribution is 5.90. The number of fused-ring (bicyclic) bond motifs is 1. The smallest absolute Gasteiger partial charge is 0.407 e. The minimum atomic E-state index is -0.525. The van der Waals surface area contributed by atoms with E-state index in [2.05, 4.69) is 10.4 Å². The van der Waals surface area contributed by atoms with E-state index < -0.39 is 11.9 Å². The maximum Gasteiger partial charge on any atom is 0.407 e. The lowest BCUT2D eigenvalue weighted by Gasteiger charge is -2.34. The molecule has 174 valence electrons. The molecule has 3 aromatic rings. The Hall–Kier alpha value is -3.33. The van der Waals surface area contributed by atoms with Gasteiger partial charge in [0.25, 0.3) is 0 Å². The Bertz CT molecular complexity index is 1170. The lowest BCUT2D eigenvalue weighted by atomic mass is 9.92. The number of nitrogens with one attached hydrogen (secondary N) is 1. The van der Waals surface area contributed by atoms with Gasteiger partial charge in [0.1, 0.15) is 29.5 Å². The van der Waals surface area contributed by atoms with E-state index in [9.17, 15) is 14.3 Å². The molecule has 1 amide bonds. The van der Waals surface area contributed by atoms with Crippen molar-refractivity contribution in [2.75, 3.05) is 13.7 Å². The van der Waals surface area contributed by atoms with E-state index in [1.165, 1.54) is 13.1 Å². The number of phenolic OH excluding ortho intramolecular Hbond substituents is 1. The van der Waals surface area contributed by atoms with Crippen molar-refractivity contribution in [3.63, 3.8) is 0 Å². The summed E-state index contributed by atoms with van der Waals surface area (Å²) in [6.07, 6.45) is 4.86. The van der Waals surface area contributed by atoms with Gasteiger partial charge in [-0.05, 0) is 49.1 Å². The molecule has 1 aliphatic heterocycles. The van der Waals surface area contributed by atoms with E-state index >= 15 is 0 Å². The first-order chi connectivity index (χ1) is 16.0. The van der Waals surface area contributed by atoms with Crippen molar-refractivity contribution in [3.05, 3.63) is 42.3 Å². The molecule has 9 heteroatoms. The van der Waals surface area contributed by atoms with Crippen molar-refractivity contribution >= 4 is 17.0 Å². The second kappa shape index (κ2) is 8.90. The second-order valence-corrected chi connectivity index (χ2v) is 8.47. The van der Waals surface area contributed by atoms with Gasteiger partial charge in [0.2, 0.25) is 0 Å². The monoisotopic (exact) mass is 455 g/mol. The molecule has 33 heavy (non-hydrogen) atoms. The summed E-state index contributed by atoms with van der Waals surface area (Å²) in [7, 11) is 1.52. The summed E-state index contributed by atoms with van der Waals surface area (Å²) in [6, 6.07) is 7.76. The Morgan fingerprint density at radius 1 is 1.24 bits per heavy atom. The van der Waals surface area contributed by atoms with Crippen LogP contribution in [0.3, 0.4) is 0 Å². The average Bonchev–Trinajstić information content (AvgIpc) is 3.22. The molecule has 2 aromatic carbocycles. The Balaban J connectivity index is 1.49. The first-order valence-corrected chi connectivity index (χ1v) is 11.2. The number of aromatic hydroxyl groups is 1. The molecule has 5 rings (SSSR count). The van der Waals surface area contributed by atoms with Crippen molar-refractivity contribution in [2.24, 2.45) is 0 Å². The molecule has 1 aromatic heterocycles. The van der Waals surface area contributed by atoms with Crippen LogP contribution in [-0.4, -0.2) is 46.8 Å². The van der Waals surface area contributed by atoms with E-state index in [0.717, 1.165) is 36.2 Å². The molecule has 0 bridgehead atoms. The third-order valence-electron chi connectivity index (χ3n) is 6.19. The number of ether oxygens (including phenoxy) is 3. The number of carbonyl (C=O) groups excluding carboxylic acids is 1. The van der Waals surface area contributed by atoms with E-state index in [1.807, 2.05) is 10.7 Å². The number of rotatable bonds is 5. The van der Waals surface area contributed by atoms with Crippen LogP contribution in [0.5, 0.6) is 11.5 Å². The highest BCUT2D eigenvalue weighted by atomic mass is 19.1. The summed E-state index contributed by atoms with van der Waals surface area (Å²) in [5, 5.41) is 17.4. The number of nitrogens with zero attached hydrogens (tertiary/aromatic N) is 2. The van der Waals surface area contributed by atoms with Crippen LogP contribution < -0.4 is 10.1 Å². The molecule has 2 aliphatic rings. The lowest BCUT2D eigenvalue weighted by Crippen LogP contribution is -2.42. The van der Waals surface area contributed by atoms with E-state index in [4.69, 9.17) is 14.2 Å². The van der Waals surface area contributed by atoms with Gasteiger partial charge in [0, 0.05) is 38.1 Å². The van der Waals surface area contributed by atoms with E-state index in [0.29, 0.717) is 36.3 Å². The van der Waals surface area contributed by atoms with Gasteiger partial charge >= 0.3 is 6.09 Å². The zero-order chi connectivity index (χ0) is 22.9. The Morgan fingerprint density at radius 3 is 2.82 bits per heavy atom. The predicted octanol–water partition coefficient (Wildman–Crippen LogP) is 4.51. The fourth-order valence-electron chi connectivity index (χ4n) is 4.35.